The number of fused-ring (bicyclic) bond motifs is 1. The van der Waals surface area contributed by atoms with Gasteiger partial charge in [0, 0.05) is 19.0 Å². The van der Waals surface area contributed by atoms with Crippen molar-refractivity contribution in [3.05, 3.63) is 23.3 Å². The molecular formula is C14H19NO4. The van der Waals surface area contributed by atoms with Gasteiger partial charge in [-0.1, -0.05) is 0 Å². The maximum atomic E-state index is 12.0. The van der Waals surface area contributed by atoms with Crippen molar-refractivity contribution >= 4 is 5.78 Å². The van der Waals surface area contributed by atoms with Crippen LogP contribution in [0.1, 0.15) is 29.3 Å². The topological polar surface area (TPSA) is 81.8 Å². The largest absolute Gasteiger partial charge is 0.491 e. The van der Waals surface area contributed by atoms with E-state index in [9.17, 15) is 9.90 Å². The van der Waals surface area contributed by atoms with Gasteiger partial charge in [0.25, 0.3) is 0 Å². The van der Waals surface area contributed by atoms with Gasteiger partial charge in [0.15, 0.2) is 5.78 Å². The lowest BCUT2D eigenvalue weighted by Crippen LogP contribution is -2.27. The summed E-state index contributed by atoms with van der Waals surface area (Å²) in [6.45, 7) is 3.98. The maximum Gasteiger partial charge on any atom is 0.170 e. The van der Waals surface area contributed by atoms with Crippen molar-refractivity contribution in [2.24, 2.45) is 5.73 Å². The minimum Gasteiger partial charge on any atom is -0.491 e. The van der Waals surface area contributed by atoms with Crippen molar-refractivity contribution in [1.82, 2.24) is 0 Å². The molecule has 0 aliphatic carbocycles. The first-order chi connectivity index (χ1) is 9.01. The summed E-state index contributed by atoms with van der Waals surface area (Å²) in [5.41, 5.74) is 6.77. The van der Waals surface area contributed by atoms with Crippen molar-refractivity contribution < 1.29 is 19.4 Å². The first-order valence-corrected chi connectivity index (χ1v) is 6.36. The standard InChI is InChI=1S/C14H19NO4/c1-8-3-11(18-7-10(16)6-15)5-13-14(8)12(17)4-9(2)19-13/h3,5,9-10,16H,4,6-7,15H2,1-2H3/t9-,10?/m1/s1. The number of Topliss-reactive ketones (excluding diaryl/α,β-unsaturated/α-hetero) is 1. The molecule has 0 spiro atoms. The molecule has 2 rings (SSSR count). The van der Waals surface area contributed by atoms with Crippen LogP contribution in [-0.2, 0) is 0 Å². The van der Waals surface area contributed by atoms with Gasteiger partial charge in [-0.3, -0.25) is 4.79 Å². The predicted molar refractivity (Wildman–Crippen MR) is 70.8 cm³/mol. The molecular weight excluding hydrogens is 246 g/mol. The molecule has 1 aliphatic rings. The molecule has 0 bridgehead atoms. The second-order valence-corrected chi connectivity index (χ2v) is 4.87. The Balaban J connectivity index is 2.23. The quantitative estimate of drug-likeness (QED) is 0.850. The molecule has 0 aromatic heterocycles. The van der Waals surface area contributed by atoms with Gasteiger partial charge >= 0.3 is 0 Å². The molecule has 0 amide bonds. The van der Waals surface area contributed by atoms with E-state index in [-0.39, 0.29) is 25.0 Å². The maximum absolute atomic E-state index is 12.0. The zero-order valence-corrected chi connectivity index (χ0v) is 11.2. The number of aryl methyl sites for hydroxylation is 1. The van der Waals surface area contributed by atoms with Crippen LogP contribution in [0.5, 0.6) is 11.5 Å². The van der Waals surface area contributed by atoms with Crippen molar-refractivity contribution in [2.45, 2.75) is 32.5 Å². The van der Waals surface area contributed by atoms with Crippen LogP contribution in [-0.4, -0.2) is 36.2 Å². The van der Waals surface area contributed by atoms with Gasteiger partial charge in [-0.05, 0) is 25.5 Å². The summed E-state index contributed by atoms with van der Waals surface area (Å²) < 4.78 is 11.1. The summed E-state index contributed by atoms with van der Waals surface area (Å²) in [5, 5.41) is 9.38. The summed E-state index contributed by atoms with van der Waals surface area (Å²) in [5.74, 6) is 1.23. The summed E-state index contributed by atoms with van der Waals surface area (Å²) in [7, 11) is 0. The molecule has 104 valence electrons. The fraction of sp³-hybridized carbons (Fsp3) is 0.500. The van der Waals surface area contributed by atoms with Gasteiger partial charge in [-0.2, -0.15) is 0 Å². The van der Waals surface area contributed by atoms with Crippen molar-refractivity contribution in [2.75, 3.05) is 13.2 Å². The molecule has 5 heteroatoms. The zero-order valence-electron chi connectivity index (χ0n) is 11.2. The van der Waals surface area contributed by atoms with Crippen LogP contribution in [0.25, 0.3) is 0 Å². The number of carbonyl (C=O) groups excluding carboxylic acids is 1. The summed E-state index contributed by atoms with van der Waals surface area (Å²) >= 11 is 0. The van der Waals surface area contributed by atoms with Gasteiger partial charge in [0.05, 0.1) is 5.56 Å². The molecule has 1 aliphatic heterocycles. The minimum atomic E-state index is -0.696. The highest BCUT2D eigenvalue weighted by molar-refractivity contribution is 6.01. The number of rotatable bonds is 4. The molecule has 1 aromatic rings. The molecule has 3 N–H and O–H groups in total. The molecule has 0 radical (unpaired) electrons. The Morgan fingerprint density at radius 2 is 2.32 bits per heavy atom. The Hall–Kier alpha value is -1.59. The third kappa shape index (κ3) is 3.05. The Bertz CT molecular complexity index is 487. The summed E-state index contributed by atoms with van der Waals surface area (Å²) in [6.07, 6.45) is -0.415. The molecule has 5 nitrogen and oxygen atoms in total. The van der Waals surface area contributed by atoms with Gasteiger partial charge in [0.2, 0.25) is 0 Å². The summed E-state index contributed by atoms with van der Waals surface area (Å²) in [6, 6.07) is 3.47. The van der Waals surface area contributed by atoms with Gasteiger partial charge < -0.3 is 20.3 Å². The second-order valence-electron chi connectivity index (χ2n) is 4.87. The third-order valence-electron chi connectivity index (χ3n) is 3.07. The molecule has 0 fully saturated rings. The Morgan fingerprint density at radius 1 is 1.58 bits per heavy atom. The van der Waals surface area contributed by atoms with Gasteiger partial charge in [-0.25, -0.2) is 0 Å². The highest BCUT2D eigenvalue weighted by atomic mass is 16.5. The smallest absolute Gasteiger partial charge is 0.170 e. The normalized spacial score (nSPS) is 19.6. The minimum absolute atomic E-state index is 0.0970. The molecule has 1 aromatic carbocycles. The van der Waals surface area contributed by atoms with E-state index in [0.717, 1.165) is 5.56 Å². The SMILES string of the molecule is Cc1cc(OCC(O)CN)cc2c1C(=O)C[C@@H](C)O2. The van der Waals surface area contributed by atoms with E-state index in [1.54, 1.807) is 12.1 Å². The van der Waals surface area contributed by atoms with E-state index in [1.807, 2.05) is 13.8 Å². The number of aliphatic hydroxyl groups is 1. The predicted octanol–water partition coefficient (Wildman–Crippen LogP) is 1.05. The van der Waals surface area contributed by atoms with E-state index in [1.165, 1.54) is 0 Å². The van der Waals surface area contributed by atoms with E-state index in [4.69, 9.17) is 15.2 Å². The number of hydrogen-bond acceptors (Lipinski definition) is 5. The van der Waals surface area contributed by atoms with E-state index < -0.39 is 6.10 Å². The van der Waals surface area contributed by atoms with Crippen LogP contribution < -0.4 is 15.2 Å². The highest BCUT2D eigenvalue weighted by Gasteiger charge is 2.26. The van der Waals surface area contributed by atoms with Crippen molar-refractivity contribution in [3.8, 4) is 11.5 Å². The first kappa shape index (κ1) is 13.8. The molecule has 2 atom stereocenters. The van der Waals surface area contributed by atoms with Crippen LogP contribution in [0.3, 0.4) is 0 Å². The highest BCUT2D eigenvalue weighted by Crippen LogP contribution is 2.34. The number of benzene rings is 1. The number of aliphatic hydroxyl groups excluding tert-OH is 1. The molecule has 0 saturated heterocycles. The number of carbonyl (C=O) groups is 1. The van der Waals surface area contributed by atoms with Crippen molar-refractivity contribution in [3.63, 3.8) is 0 Å². The molecule has 19 heavy (non-hydrogen) atoms. The molecule has 0 saturated carbocycles. The zero-order chi connectivity index (χ0) is 14.0. The third-order valence-corrected chi connectivity index (χ3v) is 3.07. The molecule has 1 unspecified atom stereocenters. The fourth-order valence-electron chi connectivity index (χ4n) is 2.14. The van der Waals surface area contributed by atoms with Crippen molar-refractivity contribution in [1.29, 1.82) is 0 Å². The Labute approximate surface area is 112 Å². The average Bonchev–Trinajstić information content (AvgIpc) is 2.34. The lowest BCUT2D eigenvalue weighted by Gasteiger charge is -2.24. The van der Waals surface area contributed by atoms with E-state index in [2.05, 4.69) is 0 Å². The van der Waals surface area contributed by atoms with E-state index >= 15 is 0 Å². The van der Waals surface area contributed by atoms with Crippen LogP contribution >= 0.6 is 0 Å². The lowest BCUT2D eigenvalue weighted by atomic mass is 9.97. The fourth-order valence-corrected chi connectivity index (χ4v) is 2.14. The van der Waals surface area contributed by atoms with E-state index in [0.29, 0.717) is 23.5 Å². The van der Waals surface area contributed by atoms with Crippen LogP contribution in [0.4, 0.5) is 0 Å². The first-order valence-electron chi connectivity index (χ1n) is 6.36. The van der Waals surface area contributed by atoms with Crippen LogP contribution in [0.2, 0.25) is 0 Å². The number of hydrogen-bond donors (Lipinski definition) is 2. The average molecular weight is 265 g/mol. The van der Waals surface area contributed by atoms with Crippen LogP contribution in [0.15, 0.2) is 12.1 Å². The Morgan fingerprint density at radius 3 is 3.00 bits per heavy atom. The second kappa shape index (κ2) is 5.59. The van der Waals surface area contributed by atoms with Gasteiger partial charge in [-0.15, -0.1) is 0 Å². The number of ether oxygens (including phenoxy) is 2. The van der Waals surface area contributed by atoms with Crippen LogP contribution in [0, 0.1) is 6.92 Å². The number of nitrogens with two attached hydrogens (primary N) is 1. The molecule has 1 heterocycles. The Kier molecular flexibility index (Phi) is 4.07. The monoisotopic (exact) mass is 265 g/mol. The lowest BCUT2D eigenvalue weighted by molar-refractivity contribution is 0.0866. The van der Waals surface area contributed by atoms with Gasteiger partial charge in [0.1, 0.15) is 30.3 Å². The summed E-state index contributed by atoms with van der Waals surface area (Å²) in [4.78, 5) is 12.0. The number of ketones is 1.